The molecule has 0 N–H and O–H groups in total. The zero-order chi connectivity index (χ0) is 19.8. The summed E-state index contributed by atoms with van der Waals surface area (Å²) in [5.41, 5.74) is 1.27. The Morgan fingerprint density at radius 1 is 1.00 bits per heavy atom. The van der Waals surface area contributed by atoms with Crippen LogP contribution < -0.4 is 11.2 Å². The molecule has 4 aromatic rings. The lowest BCUT2D eigenvalue weighted by Gasteiger charge is -2.11. The molecule has 0 unspecified atom stereocenters. The van der Waals surface area contributed by atoms with Crippen molar-refractivity contribution >= 4 is 17.1 Å². The number of hydrogen-bond donors (Lipinski definition) is 0. The van der Waals surface area contributed by atoms with Crippen LogP contribution in [0.15, 0.2) is 70.5 Å². The molecule has 0 saturated heterocycles. The van der Waals surface area contributed by atoms with Gasteiger partial charge in [0.05, 0.1) is 5.69 Å². The third-order valence-corrected chi connectivity index (χ3v) is 4.68. The van der Waals surface area contributed by atoms with Crippen LogP contribution in [0, 0.1) is 6.92 Å². The maximum atomic E-state index is 13.0. The Kier molecular flexibility index (Phi) is 4.27. The zero-order valence-corrected chi connectivity index (χ0v) is 15.5. The number of hydrogen-bond acceptors (Lipinski definition) is 4. The van der Waals surface area contributed by atoms with Crippen molar-refractivity contribution < 1.29 is 4.79 Å². The third kappa shape index (κ3) is 2.68. The number of carbonyl (C=O) groups is 1. The molecule has 28 heavy (non-hydrogen) atoms. The van der Waals surface area contributed by atoms with Gasteiger partial charge in [0, 0.05) is 12.1 Å². The number of aromatic nitrogens is 4. The van der Waals surface area contributed by atoms with Crippen molar-refractivity contribution in [2.75, 3.05) is 0 Å². The number of rotatable bonds is 3. The lowest BCUT2D eigenvalue weighted by Crippen LogP contribution is -2.40. The van der Waals surface area contributed by atoms with Crippen molar-refractivity contribution in [1.82, 2.24) is 18.7 Å². The molecule has 2 aromatic heterocycles. The molecule has 7 nitrogen and oxygen atoms in total. The van der Waals surface area contributed by atoms with Crippen molar-refractivity contribution in [2.24, 2.45) is 0 Å². The average molecular weight is 374 g/mol. The minimum Gasteiger partial charge on any atom is -0.268 e. The molecule has 2 heterocycles. The minimum atomic E-state index is -0.535. The second-order valence-corrected chi connectivity index (χ2v) is 6.46. The first-order valence-corrected chi connectivity index (χ1v) is 8.92. The van der Waals surface area contributed by atoms with E-state index in [1.807, 2.05) is 25.1 Å². The van der Waals surface area contributed by atoms with Crippen LogP contribution in [0.5, 0.6) is 0 Å². The van der Waals surface area contributed by atoms with Crippen molar-refractivity contribution in [3.8, 4) is 5.69 Å². The van der Waals surface area contributed by atoms with Crippen LogP contribution >= 0.6 is 0 Å². The predicted molar refractivity (Wildman–Crippen MR) is 106 cm³/mol. The van der Waals surface area contributed by atoms with Gasteiger partial charge in [-0.1, -0.05) is 35.9 Å². The van der Waals surface area contributed by atoms with Crippen LogP contribution in [0.25, 0.3) is 16.9 Å². The van der Waals surface area contributed by atoms with Crippen molar-refractivity contribution in [1.29, 1.82) is 0 Å². The fourth-order valence-corrected chi connectivity index (χ4v) is 3.21. The van der Waals surface area contributed by atoms with E-state index in [4.69, 9.17) is 0 Å². The summed E-state index contributed by atoms with van der Waals surface area (Å²) in [6.07, 6.45) is 1.30. The number of carbonyl (C=O) groups excluding carboxylic acids is 1. The van der Waals surface area contributed by atoms with E-state index >= 15 is 0 Å². The van der Waals surface area contributed by atoms with Crippen LogP contribution in [0.4, 0.5) is 0 Å². The Balaban J connectivity index is 2.06. The molecule has 4 rings (SSSR count). The number of imidazole rings is 1. The summed E-state index contributed by atoms with van der Waals surface area (Å²) in [4.78, 5) is 43.1. The van der Waals surface area contributed by atoms with E-state index in [0.717, 1.165) is 10.1 Å². The lowest BCUT2D eigenvalue weighted by molar-refractivity contribution is 0.0964. The van der Waals surface area contributed by atoms with Gasteiger partial charge in [0.1, 0.15) is 6.33 Å². The number of aryl methyl sites for hydroxylation is 1. The molecule has 7 heteroatoms. The molecule has 0 fully saturated rings. The van der Waals surface area contributed by atoms with Gasteiger partial charge in [0.15, 0.2) is 11.2 Å². The highest BCUT2D eigenvalue weighted by atomic mass is 16.2. The topological polar surface area (TPSA) is 78.9 Å². The summed E-state index contributed by atoms with van der Waals surface area (Å²) in [5, 5.41) is 0. The second-order valence-electron chi connectivity index (χ2n) is 6.46. The molecule has 0 bridgehead atoms. The predicted octanol–water partition coefficient (Wildman–Crippen LogP) is 2.37. The van der Waals surface area contributed by atoms with Gasteiger partial charge in [0.25, 0.3) is 11.5 Å². The highest BCUT2D eigenvalue weighted by molar-refractivity contribution is 6.00. The molecular weight excluding hydrogens is 356 g/mol. The summed E-state index contributed by atoms with van der Waals surface area (Å²) < 4.78 is 3.69. The summed E-state index contributed by atoms with van der Waals surface area (Å²) >= 11 is 0. The van der Waals surface area contributed by atoms with E-state index in [1.165, 1.54) is 15.5 Å². The summed E-state index contributed by atoms with van der Waals surface area (Å²) in [6.45, 7) is 3.85. The van der Waals surface area contributed by atoms with Gasteiger partial charge in [-0.05, 0) is 38.1 Å². The van der Waals surface area contributed by atoms with E-state index in [-0.39, 0.29) is 23.6 Å². The van der Waals surface area contributed by atoms with Crippen molar-refractivity contribution in [3.63, 3.8) is 0 Å². The first-order chi connectivity index (χ1) is 13.5. The Morgan fingerprint density at radius 3 is 2.32 bits per heavy atom. The van der Waals surface area contributed by atoms with E-state index in [0.29, 0.717) is 11.3 Å². The quantitative estimate of drug-likeness (QED) is 0.551. The fourth-order valence-electron chi connectivity index (χ4n) is 3.21. The van der Waals surface area contributed by atoms with Gasteiger partial charge in [-0.25, -0.2) is 14.3 Å². The molecule has 0 aliphatic rings. The monoisotopic (exact) mass is 374 g/mol. The molecule has 0 aliphatic carbocycles. The van der Waals surface area contributed by atoms with Crippen LogP contribution in [-0.4, -0.2) is 24.6 Å². The SMILES string of the molecule is CCn1c(=O)c2c(ncn2C(=O)c2ccccc2)n(-c2ccc(C)cc2)c1=O. The van der Waals surface area contributed by atoms with Gasteiger partial charge in [-0.2, -0.15) is 0 Å². The standard InChI is InChI=1S/C21H18N4O3/c1-3-23-20(27)17-18(25(21(23)28)16-11-9-14(2)10-12-16)22-13-24(17)19(26)15-7-5-4-6-8-15/h4-13H,3H2,1-2H3. The van der Waals surface area contributed by atoms with Crippen LogP contribution in [0.2, 0.25) is 0 Å². The first-order valence-electron chi connectivity index (χ1n) is 8.92. The number of nitrogens with zero attached hydrogens (tertiary/aromatic N) is 4. The van der Waals surface area contributed by atoms with Crippen molar-refractivity contribution in [2.45, 2.75) is 20.4 Å². The van der Waals surface area contributed by atoms with E-state index < -0.39 is 11.2 Å². The van der Waals surface area contributed by atoms with Crippen LogP contribution in [-0.2, 0) is 6.54 Å². The highest BCUT2D eigenvalue weighted by Gasteiger charge is 2.21. The minimum absolute atomic E-state index is 0.0795. The third-order valence-electron chi connectivity index (χ3n) is 4.68. The molecular formula is C21H18N4O3. The molecule has 140 valence electrons. The number of fused-ring (bicyclic) bond motifs is 1. The van der Waals surface area contributed by atoms with E-state index in [9.17, 15) is 14.4 Å². The molecule has 0 atom stereocenters. The maximum Gasteiger partial charge on any atom is 0.337 e. The van der Waals surface area contributed by atoms with Crippen LogP contribution in [0.1, 0.15) is 22.8 Å². The van der Waals surface area contributed by atoms with E-state index in [2.05, 4.69) is 4.98 Å². The molecule has 0 spiro atoms. The smallest absolute Gasteiger partial charge is 0.268 e. The van der Waals surface area contributed by atoms with Crippen LogP contribution in [0.3, 0.4) is 0 Å². The first kappa shape index (κ1) is 17.7. The maximum absolute atomic E-state index is 13.0. The Hall–Kier alpha value is -3.74. The molecule has 0 amide bonds. The fraction of sp³-hybridized carbons (Fsp3) is 0.143. The Bertz CT molecular complexity index is 1300. The molecule has 0 radical (unpaired) electrons. The molecule has 0 aliphatic heterocycles. The summed E-state index contributed by atoms with van der Waals surface area (Å²) in [6, 6.07) is 16.0. The summed E-state index contributed by atoms with van der Waals surface area (Å²) in [7, 11) is 0. The average Bonchev–Trinajstić information content (AvgIpc) is 3.15. The lowest BCUT2D eigenvalue weighted by atomic mass is 10.2. The summed E-state index contributed by atoms with van der Waals surface area (Å²) in [5.74, 6) is -0.378. The van der Waals surface area contributed by atoms with Gasteiger partial charge in [-0.15, -0.1) is 0 Å². The molecule has 2 aromatic carbocycles. The van der Waals surface area contributed by atoms with E-state index in [1.54, 1.807) is 43.3 Å². The van der Waals surface area contributed by atoms with Gasteiger partial charge < -0.3 is 0 Å². The normalized spacial score (nSPS) is 11.1. The Labute approximate surface area is 160 Å². The Morgan fingerprint density at radius 2 is 1.68 bits per heavy atom. The van der Waals surface area contributed by atoms with Crippen molar-refractivity contribution in [3.05, 3.63) is 92.9 Å². The highest BCUT2D eigenvalue weighted by Crippen LogP contribution is 2.15. The van der Waals surface area contributed by atoms with Gasteiger partial charge >= 0.3 is 5.69 Å². The van der Waals surface area contributed by atoms with Gasteiger partial charge in [-0.3, -0.25) is 18.7 Å². The second kappa shape index (κ2) is 6.77. The zero-order valence-electron chi connectivity index (χ0n) is 15.5. The van der Waals surface area contributed by atoms with Gasteiger partial charge in [0.2, 0.25) is 0 Å². The molecule has 0 saturated carbocycles. The number of benzene rings is 2. The largest absolute Gasteiger partial charge is 0.337 e.